The van der Waals surface area contributed by atoms with Crippen molar-refractivity contribution in [2.24, 2.45) is 5.92 Å². The van der Waals surface area contributed by atoms with Crippen molar-refractivity contribution in [2.75, 3.05) is 25.0 Å². The third kappa shape index (κ3) is 3.26. The number of nitrogens with zero attached hydrogens (tertiary/aromatic N) is 1. The highest BCUT2D eigenvalue weighted by Gasteiger charge is 2.24. The molecule has 1 aliphatic carbocycles. The Hall–Kier alpha value is -1.02. The van der Waals surface area contributed by atoms with Crippen LogP contribution in [0.2, 0.25) is 0 Å². The first kappa shape index (κ1) is 13.4. The van der Waals surface area contributed by atoms with Gasteiger partial charge in [-0.3, -0.25) is 0 Å². The zero-order chi connectivity index (χ0) is 13.0. The van der Waals surface area contributed by atoms with E-state index in [9.17, 15) is 0 Å². The molecule has 0 bridgehead atoms. The highest BCUT2D eigenvalue weighted by Crippen LogP contribution is 2.33. The Kier molecular flexibility index (Phi) is 4.65. The Balaban J connectivity index is 2.16. The maximum atomic E-state index is 3.59. The molecule has 2 nitrogen and oxygen atoms in total. The van der Waals surface area contributed by atoms with Crippen LogP contribution < -0.4 is 10.2 Å². The lowest BCUT2D eigenvalue weighted by Gasteiger charge is -2.26. The first-order chi connectivity index (χ1) is 8.76. The molecule has 18 heavy (non-hydrogen) atoms. The standard InChI is InChI=1S/C16H26N2/c1-4-15(17-5-2)14-8-6-7-9-16(14)18(3)12-13-10-11-13/h6-9,13,15,17H,4-5,10-12H2,1-3H3. The summed E-state index contributed by atoms with van der Waals surface area (Å²) in [6.07, 6.45) is 3.97. The molecule has 1 aromatic rings. The van der Waals surface area contributed by atoms with E-state index in [-0.39, 0.29) is 0 Å². The van der Waals surface area contributed by atoms with Gasteiger partial charge < -0.3 is 10.2 Å². The van der Waals surface area contributed by atoms with Crippen molar-refractivity contribution in [1.29, 1.82) is 0 Å². The van der Waals surface area contributed by atoms with E-state index in [0.29, 0.717) is 6.04 Å². The van der Waals surface area contributed by atoms with Crippen molar-refractivity contribution in [3.63, 3.8) is 0 Å². The van der Waals surface area contributed by atoms with Crippen molar-refractivity contribution < 1.29 is 0 Å². The van der Waals surface area contributed by atoms with Gasteiger partial charge in [0.1, 0.15) is 0 Å². The van der Waals surface area contributed by atoms with Crippen molar-refractivity contribution in [2.45, 2.75) is 39.2 Å². The van der Waals surface area contributed by atoms with Crippen molar-refractivity contribution in [3.05, 3.63) is 29.8 Å². The quantitative estimate of drug-likeness (QED) is 0.791. The first-order valence-corrected chi connectivity index (χ1v) is 7.29. The van der Waals surface area contributed by atoms with Crippen LogP contribution in [0.5, 0.6) is 0 Å². The molecule has 0 heterocycles. The molecule has 1 aliphatic rings. The number of rotatable bonds is 7. The number of nitrogens with one attached hydrogen (secondary N) is 1. The van der Waals surface area contributed by atoms with Crippen LogP contribution in [0.4, 0.5) is 5.69 Å². The molecule has 1 atom stereocenters. The fourth-order valence-corrected chi connectivity index (χ4v) is 2.64. The Bertz CT molecular complexity index is 371. The highest BCUT2D eigenvalue weighted by molar-refractivity contribution is 5.54. The molecule has 0 aromatic heterocycles. The van der Waals surface area contributed by atoms with Gasteiger partial charge in [0.25, 0.3) is 0 Å². The number of benzene rings is 1. The predicted octanol–water partition coefficient (Wildman–Crippen LogP) is 3.59. The van der Waals surface area contributed by atoms with Gasteiger partial charge in [-0.15, -0.1) is 0 Å². The lowest BCUT2D eigenvalue weighted by molar-refractivity contribution is 0.536. The van der Waals surface area contributed by atoms with Gasteiger partial charge >= 0.3 is 0 Å². The van der Waals surface area contributed by atoms with Crippen LogP contribution in [0.15, 0.2) is 24.3 Å². The summed E-state index contributed by atoms with van der Waals surface area (Å²) in [4.78, 5) is 2.44. The molecule has 0 radical (unpaired) electrons. The summed E-state index contributed by atoms with van der Waals surface area (Å²) >= 11 is 0. The van der Waals surface area contributed by atoms with Crippen LogP contribution in [0, 0.1) is 5.92 Å². The summed E-state index contributed by atoms with van der Waals surface area (Å²) in [5.74, 6) is 0.933. The van der Waals surface area contributed by atoms with Gasteiger partial charge in [0, 0.05) is 25.3 Å². The zero-order valence-electron chi connectivity index (χ0n) is 11.9. The number of para-hydroxylation sites is 1. The minimum Gasteiger partial charge on any atom is -0.374 e. The number of anilines is 1. The molecule has 0 saturated heterocycles. The minimum absolute atomic E-state index is 0.479. The van der Waals surface area contributed by atoms with Crippen LogP contribution in [-0.4, -0.2) is 20.1 Å². The molecule has 2 heteroatoms. The van der Waals surface area contributed by atoms with E-state index < -0.39 is 0 Å². The Morgan fingerprint density at radius 2 is 2.00 bits per heavy atom. The van der Waals surface area contributed by atoms with E-state index in [1.54, 1.807) is 0 Å². The Morgan fingerprint density at radius 3 is 2.61 bits per heavy atom. The number of hydrogen-bond donors (Lipinski definition) is 1. The van der Waals surface area contributed by atoms with Gasteiger partial charge in [0.2, 0.25) is 0 Å². The van der Waals surface area contributed by atoms with E-state index in [1.807, 2.05) is 0 Å². The fourth-order valence-electron chi connectivity index (χ4n) is 2.64. The van der Waals surface area contributed by atoms with E-state index in [1.165, 1.54) is 30.6 Å². The van der Waals surface area contributed by atoms with E-state index >= 15 is 0 Å². The Labute approximate surface area is 111 Å². The summed E-state index contributed by atoms with van der Waals surface area (Å²) in [5, 5.41) is 3.59. The molecule has 100 valence electrons. The van der Waals surface area contributed by atoms with Crippen LogP contribution in [0.1, 0.15) is 44.7 Å². The molecule has 1 unspecified atom stereocenters. The van der Waals surface area contributed by atoms with Crippen LogP contribution in [-0.2, 0) is 0 Å². The SMILES string of the molecule is CCNC(CC)c1ccccc1N(C)CC1CC1. The van der Waals surface area contributed by atoms with Crippen LogP contribution >= 0.6 is 0 Å². The normalized spacial score (nSPS) is 16.6. The fraction of sp³-hybridized carbons (Fsp3) is 0.625. The first-order valence-electron chi connectivity index (χ1n) is 7.29. The van der Waals surface area contributed by atoms with Crippen LogP contribution in [0.3, 0.4) is 0 Å². The van der Waals surface area contributed by atoms with Gasteiger partial charge in [-0.1, -0.05) is 32.0 Å². The second-order valence-corrected chi connectivity index (χ2v) is 5.40. The molecular formula is C16H26N2. The zero-order valence-corrected chi connectivity index (χ0v) is 11.9. The van der Waals surface area contributed by atoms with Gasteiger partial charge in [-0.25, -0.2) is 0 Å². The lowest BCUT2D eigenvalue weighted by Crippen LogP contribution is -2.26. The molecule has 0 amide bonds. The highest BCUT2D eigenvalue weighted by atomic mass is 15.1. The monoisotopic (exact) mass is 246 g/mol. The summed E-state index contributed by atoms with van der Waals surface area (Å²) in [7, 11) is 2.23. The van der Waals surface area contributed by atoms with Gasteiger partial charge in [-0.2, -0.15) is 0 Å². The topological polar surface area (TPSA) is 15.3 Å². The average Bonchev–Trinajstić information content (AvgIpc) is 3.20. The van der Waals surface area contributed by atoms with E-state index in [4.69, 9.17) is 0 Å². The predicted molar refractivity (Wildman–Crippen MR) is 79.1 cm³/mol. The van der Waals surface area contributed by atoms with Crippen LogP contribution in [0.25, 0.3) is 0 Å². The van der Waals surface area contributed by atoms with E-state index in [2.05, 4.69) is 55.4 Å². The molecule has 1 saturated carbocycles. The van der Waals surface area contributed by atoms with Crippen molar-refractivity contribution >= 4 is 5.69 Å². The summed E-state index contributed by atoms with van der Waals surface area (Å²) in [6.45, 7) is 6.67. The maximum absolute atomic E-state index is 3.59. The second-order valence-electron chi connectivity index (χ2n) is 5.40. The summed E-state index contributed by atoms with van der Waals surface area (Å²) < 4.78 is 0. The largest absolute Gasteiger partial charge is 0.374 e. The molecule has 1 aromatic carbocycles. The average molecular weight is 246 g/mol. The molecular weight excluding hydrogens is 220 g/mol. The van der Waals surface area contributed by atoms with Gasteiger partial charge in [0.05, 0.1) is 0 Å². The third-order valence-electron chi connectivity index (χ3n) is 3.81. The smallest absolute Gasteiger partial charge is 0.0412 e. The third-order valence-corrected chi connectivity index (χ3v) is 3.81. The van der Waals surface area contributed by atoms with E-state index in [0.717, 1.165) is 18.9 Å². The van der Waals surface area contributed by atoms with Crippen molar-refractivity contribution in [1.82, 2.24) is 5.32 Å². The number of hydrogen-bond acceptors (Lipinski definition) is 2. The van der Waals surface area contributed by atoms with Gasteiger partial charge in [-0.05, 0) is 43.4 Å². The summed E-state index contributed by atoms with van der Waals surface area (Å²) in [6, 6.07) is 9.32. The second kappa shape index (κ2) is 6.24. The minimum atomic E-state index is 0.479. The molecule has 2 rings (SSSR count). The lowest BCUT2D eigenvalue weighted by atomic mass is 10.0. The molecule has 0 spiro atoms. The molecule has 0 aliphatic heterocycles. The molecule has 1 fully saturated rings. The van der Waals surface area contributed by atoms with Crippen molar-refractivity contribution in [3.8, 4) is 0 Å². The van der Waals surface area contributed by atoms with Gasteiger partial charge in [0.15, 0.2) is 0 Å². The summed E-state index contributed by atoms with van der Waals surface area (Å²) in [5.41, 5.74) is 2.85. The maximum Gasteiger partial charge on any atom is 0.0412 e. The molecule has 1 N–H and O–H groups in total. The Morgan fingerprint density at radius 1 is 1.28 bits per heavy atom.